The first-order valence-corrected chi connectivity index (χ1v) is 11.5. The van der Waals surface area contributed by atoms with Gasteiger partial charge in [0.15, 0.2) is 11.5 Å². The predicted octanol–water partition coefficient (Wildman–Crippen LogP) is 6.11. The van der Waals surface area contributed by atoms with Crippen LogP contribution in [0.15, 0.2) is 77.9 Å². The molecule has 37 heavy (non-hydrogen) atoms. The molecule has 0 aliphatic heterocycles. The molecule has 0 atom stereocenters. The van der Waals surface area contributed by atoms with Crippen LogP contribution in [-0.2, 0) is 12.7 Å². The SMILES string of the molecule is CC(C)n1cc(C(F)(F)F)nc1-c1ccc(Cn2c(=O)ccc3cnc(-c4ccccc4F)nc32)cc1. The van der Waals surface area contributed by atoms with Crippen LogP contribution in [0.1, 0.15) is 31.1 Å². The minimum Gasteiger partial charge on any atom is -0.328 e. The van der Waals surface area contributed by atoms with Gasteiger partial charge in [-0.25, -0.2) is 19.3 Å². The number of hydrogen-bond acceptors (Lipinski definition) is 4. The van der Waals surface area contributed by atoms with E-state index in [0.717, 1.165) is 11.8 Å². The second kappa shape index (κ2) is 9.27. The van der Waals surface area contributed by atoms with Crippen molar-refractivity contribution < 1.29 is 17.6 Å². The summed E-state index contributed by atoms with van der Waals surface area (Å²) in [4.78, 5) is 25.3. The van der Waals surface area contributed by atoms with Crippen LogP contribution in [-0.4, -0.2) is 24.1 Å². The third kappa shape index (κ3) is 4.74. The zero-order chi connectivity index (χ0) is 26.3. The lowest BCUT2D eigenvalue weighted by Crippen LogP contribution is -2.21. The number of aromatic nitrogens is 5. The average Bonchev–Trinajstić information content (AvgIpc) is 3.33. The van der Waals surface area contributed by atoms with Crippen molar-refractivity contribution in [3.63, 3.8) is 0 Å². The molecule has 188 valence electrons. The molecular formula is C27H21F4N5O. The summed E-state index contributed by atoms with van der Waals surface area (Å²) in [5.41, 5.74) is 0.545. The van der Waals surface area contributed by atoms with Crippen molar-refractivity contribution in [3.8, 4) is 22.8 Å². The van der Waals surface area contributed by atoms with Gasteiger partial charge in [-0.05, 0) is 37.6 Å². The summed E-state index contributed by atoms with van der Waals surface area (Å²) < 4.78 is 57.0. The standard InChI is InChI=1S/C27H21F4N5O/c1-16(2)35-15-22(27(29,30)31)33-25(35)18-9-7-17(8-10-18)14-36-23(37)12-11-19-13-32-24(34-26(19)36)20-5-3-4-6-21(20)28/h3-13,15-16H,14H2,1-2H3. The Morgan fingerprint density at radius 3 is 2.35 bits per heavy atom. The quantitative estimate of drug-likeness (QED) is 0.269. The zero-order valence-electron chi connectivity index (χ0n) is 19.9. The van der Waals surface area contributed by atoms with E-state index in [1.807, 2.05) is 0 Å². The maximum Gasteiger partial charge on any atom is 0.434 e. The highest BCUT2D eigenvalue weighted by atomic mass is 19.4. The Balaban J connectivity index is 1.52. The first-order chi connectivity index (χ1) is 17.6. The third-order valence-corrected chi connectivity index (χ3v) is 5.97. The van der Waals surface area contributed by atoms with E-state index >= 15 is 0 Å². The van der Waals surface area contributed by atoms with Crippen LogP contribution < -0.4 is 5.56 Å². The van der Waals surface area contributed by atoms with Crippen LogP contribution in [0.2, 0.25) is 0 Å². The minimum absolute atomic E-state index is 0.149. The van der Waals surface area contributed by atoms with Gasteiger partial charge in [0, 0.05) is 35.5 Å². The summed E-state index contributed by atoms with van der Waals surface area (Å²) in [7, 11) is 0. The van der Waals surface area contributed by atoms with Crippen LogP contribution >= 0.6 is 0 Å². The number of rotatable bonds is 5. The van der Waals surface area contributed by atoms with Crippen molar-refractivity contribution in [1.82, 2.24) is 24.1 Å². The molecule has 0 radical (unpaired) electrons. The van der Waals surface area contributed by atoms with Gasteiger partial charge >= 0.3 is 6.18 Å². The van der Waals surface area contributed by atoms with Gasteiger partial charge in [0.1, 0.15) is 17.3 Å². The largest absolute Gasteiger partial charge is 0.434 e. The lowest BCUT2D eigenvalue weighted by molar-refractivity contribution is -0.140. The van der Waals surface area contributed by atoms with E-state index < -0.39 is 17.7 Å². The number of halogens is 4. The molecule has 0 spiro atoms. The molecule has 0 bridgehead atoms. The van der Waals surface area contributed by atoms with Gasteiger partial charge in [0.25, 0.3) is 5.56 Å². The molecule has 3 aromatic heterocycles. The van der Waals surface area contributed by atoms with Crippen molar-refractivity contribution in [2.45, 2.75) is 32.6 Å². The molecule has 0 unspecified atom stereocenters. The van der Waals surface area contributed by atoms with Crippen molar-refractivity contribution in [1.29, 1.82) is 0 Å². The third-order valence-electron chi connectivity index (χ3n) is 5.97. The molecule has 0 aliphatic rings. The van der Waals surface area contributed by atoms with E-state index in [2.05, 4.69) is 15.0 Å². The molecule has 3 heterocycles. The summed E-state index contributed by atoms with van der Waals surface area (Å²) in [6.07, 6.45) is -2.00. The smallest absolute Gasteiger partial charge is 0.328 e. The summed E-state index contributed by atoms with van der Waals surface area (Å²) in [6, 6.07) is 15.7. The molecule has 0 saturated heterocycles. The fourth-order valence-electron chi connectivity index (χ4n) is 4.08. The Bertz CT molecular complexity index is 1650. The number of alkyl halides is 3. The number of nitrogens with zero attached hydrogens (tertiary/aromatic N) is 5. The molecular weight excluding hydrogens is 486 g/mol. The molecule has 2 aromatic carbocycles. The van der Waals surface area contributed by atoms with E-state index in [1.165, 1.54) is 27.5 Å². The van der Waals surface area contributed by atoms with Gasteiger partial charge < -0.3 is 4.57 Å². The summed E-state index contributed by atoms with van der Waals surface area (Å²) in [5.74, 6) is -0.115. The van der Waals surface area contributed by atoms with E-state index in [1.54, 1.807) is 62.4 Å². The molecule has 0 saturated carbocycles. The number of pyridine rings is 1. The van der Waals surface area contributed by atoms with Crippen molar-refractivity contribution >= 4 is 11.0 Å². The second-order valence-corrected chi connectivity index (χ2v) is 8.86. The number of benzene rings is 2. The second-order valence-electron chi connectivity index (χ2n) is 8.86. The number of imidazole rings is 1. The van der Waals surface area contributed by atoms with Gasteiger partial charge in [-0.3, -0.25) is 9.36 Å². The predicted molar refractivity (Wildman–Crippen MR) is 131 cm³/mol. The summed E-state index contributed by atoms with van der Waals surface area (Å²) >= 11 is 0. The number of fused-ring (bicyclic) bond motifs is 1. The number of hydrogen-bond donors (Lipinski definition) is 0. The fraction of sp³-hybridized carbons (Fsp3) is 0.185. The Morgan fingerprint density at radius 2 is 1.68 bits per heavy atom. The van der Waals surface area contributed by atoms with Crippen molar-refractivity contribution in [3.05, 3.63) is 100 Å². The highest BCUT2D eigenvalue weighted by Gasteiger charge is 2.35. The maximum atomic E-state index is 14.3. The van der Waals surface area contributed by atoms with Gasteiger partial charge in [-0.2, -0.15) is 13.2 Å². The molecule has 5 aromatic rings. The normalized spacial score (nSPS) is 12.0. The summed E-state index contributed by atoms with van der Waals surface area (Å²) in [5, 5.41) is 0.606. The molecule has 0 amide bonds. The van der Waals surface area contributed by atoms with Crippen molar-refractivity contribution in [2.75, 3.05) is 0 Å². The Labute approximate surface area is 208 Å². The highest BCUT2D eigenvalue weighted by Crippen LogP contribution is 2.32. The fourth-order valence-corrected chi connectivity index (χ4v) is 4.08. The van der Waals surface area contributed by atoms with Gasteiger partial charge in [0.2, 0.25) is 0 Å². The van der Waals surface area contributed by atoms with E-state index in [0.29, 0.717) is 16.6 Å². The molecule has 0 N–H and O–H groups in total. The molecule has 0 fully saturated rings. The lowest BCUT2D eigenvalue weighted by Gasteiger charge is -2.13. The van der Waals surface area contributed by atoms with Gasteiger partial charge in [-0.15, -0.1) is 0 Å². The topological polar surface area (TPSA) is 65.6 Å². The van der Waals surface area contributed by atoms with Crippen LogP contribution in [0.4, 0.5) is 17.6 Å². The highest BCUT2D eigenvalue weighted by molar-refractivity contribution is 5.76. The van der Waals surface area contributed by atoms with Gasteiger partial charge in [0.05, 0.1) is 12.1 Å². The van der Waals surface area contributed by atoms with E-state index in [-0.39, 0.29) is 35.4 Å². The summed E-state index contributed by atoms with van der Waals surface area (Å²) in [6.45, 7) is 3.71. The van der Waals surface area contributed by atoms with Crippen LogP contribution in [0.5, 0.6) is 0 Å². The van der Waals surface area contributed by atoms with Crippen LogP contribution in [0.25, 0.3) is 33.8 Å². The first-order valence-electron chi connectivity index (χ1n) is 11.5. The first kappa shape index (κ1) is 24.4. The average molecular weight is 507 g/mol. The van der Waals surface area contributed by atoms with Crippen LogP contribution in [0.3, 0.4) is 0 Å². The van der Waals surface area contributed by atoms with E-state index in [9.17, 15) is 22.4 Å². The Hall–Kier alpha value is -4.34. The molecule has 10 heteroatoms. The molecule has 0 aliphatic carbocycles. The maximum absolute atomic E-state index is 14.3. The zero-order valence-corrected chi connectivity index (χ0v) is 19.9. The molecule has 6 nitrogen and oxygen atoms in total. The van der Waals surface area contributed by atoms with Gasteiger partial charge in [-0.1, -0.05) is 36.4 Å². The van der Waals surface area contributed by atoms with E-state index in [4.69, 9.17) is 0 Å². The van der Waals surface area contributed by atoms with Crippen LogP contribution in [0, 0.1) is 5.82 Å². The monoisotopic (exact) mass is 507 g/mol. The Kier molecular flexibility index (Phi) is 6.10. The Morgan fingerprint density at radius 1 is 0.946 bits per heavy atom. The lowest BCUT2D eigenvalue weighted by atomic mass is 10.1. The molecule has 5 rings (SSSR count). The van der Waals surface area contributed by atoms with Crippen molar-refractivity contribution in [2.24, 2.45) is 0 Å². The minimum atomic E-state index is -4.55.